The van der Waals surface area contributed by atoms with Crippen molar-refractivity contribution in [2.45, 2.75) is 26.4 Å². The van der Waals surface area contributed by atoms with Gasteiger partial charge in [0.05, 0.1) is 11.8 Å². The molecule has 2 aliphatic heterocycles. The molecule has 2 N–H and O–H groups in total. The van der Waals surface area contributed by atoms with Crippen molar-refractivity contribution in [2.75, 3.05) is 26.3 Å². The van der Waals surface area contributed by atoms with Gasteiger partial charge in [0.1, 0.15) is 13.2 Å². The van der Waals surface area contributed by atoms with Gasteiger partial charge in [-0.3, -0.25) is 9.89 Å². The molecule has 1 aromatic carbocycles. The van der Waals surface area contributed by atoms with Gasteiger partial charge >= 0.3 is 0 Å². The fraction of sp³-hybridized carbons (Fsp3) is 0.474. The van der Waals surface area contributed by atoms with Crippen molar-refractivity contribution in [3.8, 4) is 11.5 Å². The summed E-state index contributed by atoms with van der Waals surface area (Å²) in [6, 6.07) is 5.57. The molecule has 1 fully saturated rings. The number of carbonyl (C=O) groups is 1. The number of hydrogen-bond donors (Lipinski definition) is 2. The third kappa shape index (κ3) is 3.14. The van der Waals surface area contributed by atoms with E-state index in [1.54, 1.807) is 11.0 Å². The number of H-pyrrole nitrogens is 1. The van der Waals surface area contributed by atoms with E-state index in [2.05, 4.69) is 10.2 Å². The molecule has 2 atom stereocenters. The molecule has 0 spiro atoms. The number of nitrogens with zero attached hydrogens (tertiary/aromatic N) is 2. The van der Waals surface area contributed by atoms with E-state index in [9.17, 15) is 9.90 Å². The van der Waals surface area contributed by atoms with Crippen LogP contribution in [0.1, 0.15) is 27.3 Å². The summed E-state index contributed by atoms with van der Waals surface area (Å²) in [7, 11) is 0. The summed E-state index contributed by atoms with van der Waals surface area (Å²) in [5, 5.41) is 17.6. The van der Waals surface area contributed by atoms with Crippen LogP contribution in [0.5, 0.6) is 11.5 Å². The van der Waals surface area contributed by atoms with Crippen LogP contribution in [0.4, 0.5) is 0 Å². The Morgan fingerprint density at radius 2 is 1.96 bits per heavy atom. The Morgan fingerprint density at radius 1 is 1.23 bits per heavy atom. The molecule has 0 radical (unpaired) electrons. The number of hydrogen-bond acceptors (Lipinski definition) is 5. The van der Waals surface area contributed by atoms with E-state index in [4.69, 9.17) is 9.47 Å². The van der Waals surface area contributed by atoms with Crippen LogP contribution in [0.25, 0.3) is 0 Å². The Morgan fingerprint density at radius 3 is 2.65 bits per heavy atom. The molecule has 2 aliphatic rings. The number of benzene rings is 1. The van der Waals surface area contributed by atoms with E-state index in [0.717, 1.165) is 17.0 Å². The number of ether oxygens (including phenoxy) is 2. The molecular weight excluding hydrogens is 334 g/mol. The second kappa shape index (κ2) is 6.64. The lowest BCUT2D eigenvalue weighted by atomic mass is 10.00. The van der Waals surface area contributed by atoms with Crippen LogP contribution >= 0.6 is 0 Å². The van der Waals surface area contributed by atoms with E-state index in [1.165, 1.54) is 0 Å². The molecule has 26 heavy (non-hydrogen) atoms. The second-order valence-corrected chi connectivity index (χ2v) is 7.09. The van der Waals surface area contributed by atoms with Crippen LogP contribution < -0.4 is 9.47 Å². The minimum absolute atomic E-state index is 0.0147. The lowest BCUT2D eigenvalue weighted by molar-refractivity contribution is 0.0762. The molecule has 2 aromatic rings. The molecule has 0 saturated carbocycles. The zero-order valence-electron chi connectivity index (χ0n) is 15.0. The molecule has 138 valence electrons. The Labute approximate surface area is 151 Å². The van der Waals surface area contributed by atoms with E-state index < -0.39 is 6.10 Å². The number of aromatic nitrogens is 2. The maximum absolute atomic E-state index is 13.0. The Bertz CT molecular complexity index is 832. The molecule has 7 nitrogen and oxygen atoms in total. The summed E-state index contributed by atoms with van der Waals surface area (Å²) < 4.78 is 11.2. The van der Waals surface area contributed by atoms with Gasteiger partial charge in [0.15, 0.2) is 11.5 Å². The minimum Gasteiger partial charge on any atom is -0.486 e. The highest BCUT2D eigenvalue weighted by atomic mass is 16.6. The number of β-amino-alcohol motifs (C(OH)–C–C–N with tert-alkyl or cyclic N) is 1. The van der Waals surface area contributed by atoms with Crippen molar-refractivity contribution < 1.29 is 19.4 Å². The summed E-state index contributed by atoms with van der Waals surface area (Å²) in [6.07, 6.45) is 0.101. The predicted molar refractivity (Wildman–Crippen MR) is 94.6 cm³/mol. The molecule has 3 heterocycles. The van der Waals surface area contributed by atoms with Crippen molar-refractivity contribution in [3.05, 3.63) is 40.7 Å². The summed E-state index contributed by atoms with van der Waals surface area (Å²) in [4.78, 5) is 14.7. The van der Waals surface area contributed by atoms with E-state index in [0.29, 0.717) is 49.8 Å². The molecule has 2 unspecified atom stereocenters. The number of amides is 1. The molecule has 1 amide bonds. The van der Waals surface area contributed by atoms with Gasteiger partial charge in [-0.25, -0.2) is 0 Å². The second-order valence-electron chi connectivity index (χ2n) is 7.09. The summed E-state index contributed by atoms with van der Waals surface area (Å²) in [5.41, 5.74) is 3.35. The van der Waals surface area contributed by atoms with Crippen LogP contribution in [-0.4, -0.2) is 58.5 Å². The fourth-order valence-electron chi connectivity index (χ4n) is 3.66. The topological polar surface area (TPSA) is 87.7 Å². The van der Waals surface area contributed by atoms with Crippen molar-refractivity contribution in [1.82, 2.24) is 15.1 Å². The Hall–Kier alpha value is -2.54. The largest absolute Gasteiger partial charge is 0.486 e. The zero-order valence-corrected chi connectivity index (χ0v) is 15.0. The molecule has 1 saturated heterocycles. The number of aryl methyl sites for hydroxylation is 2. The van der Waals surface area contributed by atoms with Gasteiger partial charge in [-0.2, -0.15) is 5.10 Å². The number of fused-ring (bicyclic) bond motifs is 1. The third-order valence-electron chi connectivity index (χ3n) is 5.04. The van der Waals surface area contributed by atoms with Gasteiger partial charge in [-0.05, 0) is 44.0 Å². The first-order chi connectivity index (χ1) is 12.5. The van der Waals surface area contributed by atoms with Gasteiger partial charge in [0.2, 0.25) is 0 Å². The van der Waals surface area contributed by atoms with Gasteiger partial charge in [0, 0.05) is 30.3 Å². The normalized spacial score (nSPS) is 21.9. The Balaban J connectivity index is 1.50. The lowest BCUT2D eigenvalue weighted by Crippen LogP contribution is -2.30. The van der Waals surface area contributed by atoms with Crippen LogP contribution in [0.2, 0.25) is 0 Å². The van der Waals surface area contributed by atoms with Crippen molar-refractivity contribution in [3.63, 3.8) is 0 Å². The SMILES string of the molecule is Cc1cc(CC2CN(C(=O)c3cc4c(cc3C)OCCO4)CC2O)n[nH]1. The summed E-state index contributed by atoms with van der Waals surface area (Å²) in [6.45, 7) is 5.69. The zero-order chi connectivity index (χ0) is 18.3. The average Bonchev–Trinajstić information content (AvgIpc) is 3.20. The van der Waals surface area contributed by atoms with Gasteiger partial charge in [0.25, 0.3) is 5.91 Å². The molecule has 7 heteroatoms. The first-order valence-electron chi connectivity index (χ1n) is 8.89. The number of aromatic amines is 1. The first kappa shape index (κ1) is 16.9. The fourth-order valence-corrected chi connectivity index (χ4v) is 3.66. The quantitative estimate of drug-likeness (QED) is 0.869. The van der Waals surface area contributed by atoms with Crippen LogP contribution in [0.15, 0.2) is 18.2 Å². The predicted octanol–water partition coefficient (Wildman–Crippen LogP) is 1.47. The Kier molecular flexibility index (Phi) is 4.32. The van der Waals surface area contributed by atoms with Crippen LogP contribution in [0.3, 0.4) is 0 Å². The molecular formula is C19H23N3O4. The van der Waals surface area contributed by atoms with Gasteiger partial charge in [-0.1, -0.05) is 0 Å². The van der Waals surface area contributed by atoms with E-state index in [1.807, 2.05) is 26.0 Å². The number of nitrogens with one attached hydrogen (secondary N) is 1. The number of likely N-dealkylation sites (tertiary alicyclic amines) is 1. The van der Waals surface area contributed by atoms with Crippen molar-refractivity contribution >= 4 is 5.91 Å². The van der Waals surface area contributed by atoms with Crippen molar-refractivity contribution in [2.24, 2.45) is 5.92 Å². The van der Waals surface area contributed by atoms with E-state index in [-0.39, 0.29) is 11.8 Å². The van der Waals surface area contributed by atoms with Gasteiger partial charge in [-0.15, -0.1) is 0 Å². The first-order valence-corrected chi connectivity index (χ1v) is 8.89. The molecule has 0 bridgehead atoms. The lowest BCUT2D eigenvalue weighted by Gasteiger charge is -2.22. The highest BCUT2D eigenvalue weighted by Gasteiger charge is 2.35. The highest BCUT2D eigenvalue weighted by Crippen LogP contribution is 2.34. The summed E-state index contributed by atoms with van der Waals surface area (Å²) >= 11 is 0. The maximum Gasteiger partial charge on any atom is 0.254 e. The van der Waals surface area contributed by atoms with E-state index >= 15 is 0 Å². The van der Waals surface area contributed by atoms with Gasteiger partial charge < -0.3 is 19.5 Å². The number of rotatable bonds is 3. The highest BCUT2D eigenvalue weighted by molar-refractivity contribution is 5.96. The molecule has 4 rings (SSSR count). The van der Waals surface area contributed by atoms with Crippen molar-refractivity contribution in [1.29, 1.82) is 0 Å². The monoisotopic (exact) mass is 357 g/mol. The minimum atomic E-state index is -0.548. The summed E-state index contributed by atoms with van der Waals surface area (Å²) in [5.74, 6) is 1.19. The smallest absolute Gasteiger partial charge is 0.254 e. The number of aliphatic hydroxyl groups is 1. The average molecular weight is 357 g/mol. The third-order valence-corrected chi connectivity index (χ3v) is 5.04. The standard InChI is InChI=1S/C19H23N3O4/c1-11-5-17-18(26-4-3-25-17)8-15(11)19(24)22-9-13(16(23)10-22)7-14-6-12(2)20-21-14/h5-6,8,13,16,23H,3-4,7,9-10H2,1-2H3,(H,20,21). The van der Waals surface area contributed by atoms with Crippen LogP contribution in [-0.2, 0) is 6.42 Å². The molecule has 1 aromatic heterocycles. The van der Waals surface area contributed by atoms with Crippen LogP contribution in [0, 0.1) is 19.8 Å². The maximum atomic E-state index is 13.0. The number of aliphatic hydroxyl groups excluding tert-OH is 1. The number of carbonyl (C=O) groups excluding carboxylic acids is 1. The molecule has 0 aliphatic carbocycles.